The van der Waals surface area contributed by atoms with Crippen molar-refractivity contribution in [1.82, 2.24) is 10.2 Å². The number of nitrogens with zero attached hydrogens (tertiary/aromatic N) is 1. The van der Waals surface area contributed by atoms with Crippen LogP contribution in [0.25, 0.3) is 0 Å². The highest BCUT2D eigenvalue weighted by molar-refractivity contribution is 7.07. The van der Waals surface area contributed by atoms with E-state index < -0.39 is 5.97 Å². The molecule has 0 aliphatic rings. The van der Waals surface area contributed by atoms with Gasteiger partial charge in [-0.15, -0.1) is 0 Å². The minimum absolute atomic E-state index is 0.0898. The third-order valence-corrected chi connectivity index (χ3v) is 3.23. The fraction of sp³-hybridized carbons (Fsp3) is 0.500. The van der Waals surface area contributed by atoms with Gasteiger partial charge in [0, 0.05) is 26.6 Å². The number of carbonyl (C=O) groups is 2. The Labute approximate surface area is 110 Å². The van der Waals surface area contributed by atoms with Gasteiger partial charge < -0.3 is 15.3 Å². The maximum atomic E-state index is 11.6. The zero-order chi connectivity index (χ0) is 13.4. The van der Waals surface area contributed by atoms with Crippen LogP contribution in [0.5, 0.6) is 0 Å². The molecule has 0 aromatic carbocycles. The molecule has 0 saturated carbocycles. The number of aliphatic carboxylic acids is 1. The summed E-state index contributed by atoms with van der Waals surface area (Å²) in [6, 6.07) is 1.88. The lowest BCUT2D eigenvalue weighted by Crippen LogP contribution is -2.38. The lowest BCUT2D eigenvalue weighted by atomic mass is 10.2. The number of urea groups is 1. The maximum Gasteiger partial charge on any atom is 0.317 e. The minimum atomic E-state index is -0.832. The maximum absolute atomic E-state index is 11.6. The third-order valence-electron chi connectivity index (χ3n) is 2.50. The smallest absolute Gasteiger partial charge is 0.317 e. The van der Waals surface area contributed by atoms with Crippen molar-refractivity contribution < 1.29 is 14.7 Å². The molecule has 2 N–H and O–H groups in total. The van der Waals surface area contributed by atoms with Crippen LogP contribution in [0.4, 0.5) is 4.79 Å². The molecule has 100 valence electrons. The van der Waals surface area contributed by atoms with E-state index in [0.717, 1.165) is 6.42 Å². The molecule has 0 atom stereocenters. The van der Waals surface area contributed by atoms with Crippen LogP contribution >= 0.6 is 11.3 Å². The molecule has 1 aromatic heterocycles. The lowest BCUT2D eigenvalue weighted by Gasteiger charge is -2.17. The highest BCUT2D eigenvalue weighted by Gasteiger charge is 2.08. The molecule has 0 aliphatic heterocycles. The van der Waals surface area contributed by atoms with Crippen LogP contribution in [0.2, 0.25) is 0 Å². The molecule has 5 nitrogen and oxygen atoms in total. The predicted octanol–water partition coefficient (Wildman–Crippen LogP) is 1.80. The van der Waals surface area contributed by atoms with Gasteiger partial charge in [0.05, 0.1) is 0 Å². The number of carboxylic acids is 1. The fourth-order valence-electron chi connectivity index (χ4n) is 1.45. The van der Waals surface area contributed by atoms with Crippen LogP contribution in [0, 0.1) is 0 Å². The molecule has 0 unspecified atom stereocenters. The van der Waals surface area contributed by atoms with Gasteiger partial charge in [-0.1, -0.05) is 0 Å². The van der Waals surface area contributed by atoms with Gasteiger partial charge in [0.15, 0.2) is 0 Å². The number of nitrogens with one attached hydrogen (secondary N) is 1. The summed E-state index contributed by atoms with van der Waals surface area (Å²) >= 11 is 1.64. The van der Waals surface area contributed by atoms with Crippen LogP contribution in [0.3, 0.4) is 0 Å². The van der Waals surface area contributed by atoms with Gasteiger partial charge in [-0.3, -0.25) is 4.79 Å². The van der Waals surface area contributed by atoms with E-state index in [-0.39, 0.29) is 12.5 Å². The van der Waals surface area contributed by atoms with Crippen molar-refractivity contribution in [3.63, 3.8) is 0 Å². The normalized spacial score (nSPS) is 10.1. The summed E-state index contributed by atoms with van der Waals surface area (Å²) in [4.78, 5) is 23.5. The van der Waals surface area contributed by atoms with Gasteiger partial charge in [-0.05, 0) is 35.2 Å². The molecule has 1 rings (SSSR count). The van der Waals surface area contributed by atoms with E-state index in [4.69, 9.17) is 5.11 Å². The molecular weight excluding hydrogens is 252 g/mol. The summed E-state index contributed by atoms with van der Waals surface area (Å²) in [6.07, 6.45) is 1.38. The molecule has 18 heavy (non-hydrogen) atoms. The molecule has 2 amide bonds. The van der Waals surface area contributed by atoms with Gasteiger partial charge in [-0.25, -0.2) is 4.79 Å². The third kappa shape index (κ3) is 5.67. The van der Waals surface area contributed by atoms with E-state index in [1.807, 2.05) is 11.4 Å². The van der Waals surface area contributed by atoms with Crippen molar-refractivity contribution in [3.05, 3.63) is 22.4 Å². The van der Waals surface area contributed by atoms with E-state index in [2.05, 4.69) is 10.7 Å². The van der Waals surface area contributed by atoms with Crippen molar-refractivity contribution in [2.24, 2.45) is 0 Å². The molecule has 0 radical (unpaired) electrons. The first-order valence-electron chi connectivity index (χ1n) is 5.81. The Morgan fingerprint density at radius 1 is 1.50 bits per heavy atom. The minimum Gasteiger partial charge on any atom is -0.481 e. The van der Waals surface area contributed by atoms with Crippen molar-refractivity contribution in [3.8, 4) is 0 Å². The van der Waals surface area contributed by atoms with Crippen molar-refractivity contribution >= 4 is 23.3 Å². The zero-order valence-electron chi connectivity index (χ0n) is 10.4. The summed E-state index contributed by atoms with van der Waals surface area (Å²) in [7, 11) is 1.67. The summed E-state index contributed by atoms with van der Waals surface area (Å²) < 4.78 is 0. The number of hydrogen-bond acceptors (Lipinski definition) is 3. The Morgan fingerprint density at radius 2 is 2.28 bits per heavy atom. The number of carboxylic acid groups (broad SMARTS) is 1. The molecule has 1 heterocycles. The Balaban J connectivity index is 2.13. The van der Waals surface area contributed by atoms with Gasteiger partial charge in [-0.2, -0.15) is 11.3 Å². The topological polar surface area (TPSA) is 69.6 Å². The second-order valence-electron chi connectivity index (χ2n) is 4.03. The second-order valence-corrected chi connectivity index (χ2v) is 4.81. The monoisotopic (exact) mass is 270 g/mol. The number of thiophene rings is 1. The van der Waals surface area contributed by atoms with Gasteiger partial charge in [0.25, 0.3) is 0 Å². The SMILES string of the molecule is CN(CCCC(=O)O)C(=O)NCCc1ccsc1. The van der Waals surface area contributed by atoms with Crippen molar-refractivity contribution in [2.45, 2.75) is 19.3 Å². The quantitative estimate of drug-likeness (QED) is 0.793. The number of hydrogen-bond donors (Lipinski definition) is 2. The van der Waals surface area contributed by atoms with E-state index >= 15 is 0 Å². The van der Waals surface area contributed by atoms with Crippen molar-refractivity contribution in [2.75, 3.05) is 20.1 Å². The lowest BCUT2D eigenvalue weighted by molar-refractivity contribution is -0.137. The molecule has 0 bridgehead atoms. The average Bonchev–Trinajstić information content (AvgIpc) is 2.81. The van der Waals surface area contributed by atoms with Crippen LogP contribution < -0.4 is 5.32 Å². The molecule has 0 saturated heterocycles. The molecule has 0 aliphatic carbocycles. The summed E-state index contributed by atoms with van der Waals surface area (Å²) in [5.41, 5.74) is 1.22. The van der Waals surface area contributed by atoms with E-state index in [0.29, 0.717) is 19.5 Å². The summed E-state index contributed by atoms with van der Waals surface area (Å²) in [5, 5.41) is 15.4. The molecular formula is C12H18N2O3S. The highest BCUT2D eigenvalue weighted by atomic mass is 32.1. The Morgan fingerprint density at radius 3 is 2.89 bits per heavy atom. The van der Waals surface area contributed by atoms with Crippen molar-refractivity contribution in [1.29, 1.82) is 0 Å². The summed E-state index contributed by atoms with van der Waals surface area (Å²) in [6.45, 7) is 1.05. The number of rotatable bonds is 7. The molecule has 6 heteroatoms. The Kier molecular flexibility index (Phi) is 6.21. The van der Waals surface area contributed by atoms with Gasteiger partial charge >= 0.3 is 12.0 Å². The van der Waals surface area contributed by atoms with Crippen LogP contribution in [-0.4, -0.2) is 42.1 Å². The first-order valence-corrected chi connectivity index (χ1v) is 6.75. The number of carbonyl (C=O) groups excluding carboxylic acids is 1. The Hall–Kier alpha value is -1.56. The van der Waals surface area contributed by atoms with E-state index in [9.17, 15) is 9.59 Å². The molecule has 0 fully saturated rings. The predicted molar refractivity (Wildman–Crippen MR) is 70.9 cm³/mol. The average molecular weight is 270 g/mol. The zero-order valence-corrected chi connectivity index (χ0v) is 11.2. The summed E-state index contributed by atoms with van der Waals surface area (Å²) in [5.74, 6) is -0.832. The molecule has 0 spiro atoms. The standard InChI is InChI=1S/C12H18N2O3S/c1-14(7-2-3-11(15)16)12(17)13-6-4-10-5-8-18-9-10/h5,8-9H,2-4,6-7H2,1H3,(H,13,17)(H,15,16). The fourth-order valence-corrected chi connectivity index (χ4v) is 2.16. The second kappa shape index (κ2) is 7.71. The first kappa shape index (κ1) is 14.5. The first-order chi connectivity index (χ1) is 8.59. The van der Waals surface area contributed by atoms with E-state index in [1.165, 1.54) is 10.5 Å². The van der Waals surface area contributed by atoms with Gasteiger partial charge in [0.1, 0.15) is 0 Å². The van der Waals surface area contributed by atoms with Crippen LogP contribution in [-0.2, 0) is 11.2 Å². The molecule has 1 aromatic rings. The highest BCUT2D eigenvalue weighted by Crippen LogP contribution is 2.05. The van der Waals surface area contributed by atoms with Gasteiger partial charge in [0.2, 0.25) is 0 Å². The van der Waals surface area contributed by atoms with E-state index in [1.54, 1.807) is 18.4 Å². The number of amides is 2. The van der Waals surface area contributed by atoms with Crippen LogP contribution in [0.1, 0.15) is 18.4 Å². The largest absolute Gasteiger partial charge is 0.481 e. The van der Waals surface area contributed by atoms with Crippen LogP contribution in [0.15, 0.2) is 16.8 Å². The Bertz CT molecular complexity index is 379.